The summed E-state index contributed by atoms with van der Waals surface area (Å²) in [7, 11) is -9.59. The largest absolute Gasteiger partial charge is 0.476 e. The Morgan fingerprint density at radius 3 is 2.45 bits per heavy atom. The van der Waals surface area contributed by atoms with Gasteiger partial charge in [0.25, 0.3) is 5.01 Å². The minimum atomic E-state index is -5.09. The van der Waals surface area contributed by atoms with Gasteiger partial charge in [-0.2, -0.15) is 4.57 Å². The van der Waals surface area contributed by atoms with E-state index >= 15 is 0 Å². The fourth-order valence-electron chi connectivity index (χ4n) is 3.05. The molecular formula is C17H29N4O7P2S+. The summed E-state index contributed by atoms with van der Waals surface area (Å²) in [5, 5.41) is 11.4. The number of thiazole rings is 1. The number of phosphoric acid groups is 1. The zero-order chi connectivity index (χ0) is 23.6. The lowest BCUT2D eigenvalue weighted by molar-refractivity contribution is -0.700. The Labute approximate surface area is 184 Å². The van der Waals surface area contributed by atoms with Crippen LogP contribution in [-0.2, 0) is 26.4 Å². The Morgan fingerprint density at radius 2 is 1.90 bits per heavy atom. The molecule has 11 nitrogen and oxygen atoms in total. The molecule has 2 unspecified atom stereocenters. The predicted molar refractivity (Wildman–Crippen MR) is 115 cm³/mol. The van der Waals surface area contributed by atoms with Crippen LogP contribution in [0.5, 0.6) is 0 Å². The molecule has 174 valence electrons. The first-order chi connectivity index (χ1) is 14.2. The van der Waals surface area contributed by atoms with Crippen molar-refractivity contribution < 1.29 is 37.8 Å². The molecule has 0 radical (unpaired) electrons. The van der Waals surface area contributed by atoms with E-state index in [1.54, 1.807) is 20.0 Å². The van der Waals surface area contributed by atoms with E-state index in [-0.39, 0.29) is 12.3 Å². The summed E-state index contributed by atoms with van der Waals surface area (Å²) in [6, 6.07) is 0. The molecule has 0 spiro atoms. The van der Waals surface area contributed by atoms with Gasteiger partial charge in [-0.3, -0.25) is 4.57 Å². The third-order valence-electron chi connectivity index (χ3n) is 4.48. The second-order valence-electron chi connectivity index (χ2n) is 7.69. The second kappa shape index (κ2) is 10.1. The van der Waals surface area contributed by atoms with Gasteiger partial charge in [-0.05, 0) is 25.7 Å². The lowest BCUT2D eigenvalue weighted by Crippen LogP contribution is -2.41. The van der Waals surface area contributed by atoms with Gasteiger partial charge in [-0.1, -0.05) is 25.2 Å². The molecule has 2 aromatic heterocycles. The lowest BCUT2D eigenvalue weighted by atomic mass is 10.1. The van der Waals surface area contributed by atoms with Gasteiger partial charge in [0.1, 0.15) is 17.7 Å². The van der Waals surface area contributed by atoms with Gasteiger partial charge < -0.3 is 25.5 Å². The van der Waals surface area contributed by atoms with Crippen LogP contribution in [0.15, 0.2) is 6.20 Å². The summed E-state index contributed by atoms with van der Waals surface area (Å²) in [5.41, 5.74) is 7.42. The highest BCUT2D eigenvalue weighted by Crippen LogP contribution is 2.57. The number of hydrogen-bond acceptors (Lipinski definition) is 8. The maximum atomic E-state index is 12.0. The van der Waals surface area contributed by atoms with Crippen LogP contribution in [0.2, 0.25) is 0 Å². The Kier molecular flexibility index (Phi) is 8.52. The Balaban J connectivity index is 2.37. The van der Waals surface area contributed by atoms with Crippen LogP contribution >= 0.6 is 26.8 Å². The van der Waals surface area contributed by atoms with Gasteiger partial charge in [0.2, 0.25) is 0 Å². The lowest BCUT2D eigenvalue weighted by Gasteiger charge is -2.11. The van der Waals surface area contributed by atoms with Crippen molar-refractivity contribution in [3.63, 3.8) is 0 Å². The minimum Gasteiger partial charge on any atom is -0.383 e. The van der Waals surface area contributed by atoms with Gasteiger partial charge in [0, 0.05) is 13.1 Å². The highest BCUT2D eigenvalue weighted by molar-refractivity contribution is 7.63. The topological polar surface area (TPSA) is 180 Å². The molecule has 31 heavy (non-hydrogen) atoms. The molecule has 2 aromatic rings. The predicted octanol–water partition coefficient (Wildman–Crippen LogP) is 1.99. The zero-order valence-corrected chi connectivity index (χ0v) is 20.4. The molecule has 0 aliphatic heterocycles. The van der Waals surface area contributed by atoms with E-state index in [2.05, 4.69) is 14.3 Å². The number of anilines is 1. The smallest absolute Gasteiger partial charge is 0.383 e. The second-order valence-corrected chi connectivity index (χ2v) is 12.2. The molecule has 0 saturated heterocycles. The standard InChI is InChI=1S/C17H28N4O7P2S/c1-10(2)7-14(22)17-21(9-13-8-19-12(4)20-16(13)18)11(3)15(31-17)5-6-29(23,24)28-30(25,26)27/h8,10,14,22H,5-7,9H2,1-4H3,(H4-,18,19,20,23,24,25,26,27)/p+1. The molecule has 0 aromatic carbocycles. The SMILES string of the molecule is Cc1ncc(C[n+]2c(C(O)CC(C)C)sc(CCP(=O)(O)OP(=O)(O)O)c2C)c(N)n1. The number of nitrogens with zero attached hydrogens (tertiary/aromatic N) is 3. The fourth-order valence-corrected chi connectivity index (χ4v) is 6.62. The van der Waals surface area contributed by atoms with E-state index in [4.69, 9.17) is 15.5 Å². The number of rotatable bonds is 10. The molecular weight excluding hydrogens is 466 g/mol. The summed E-state index contributed by atoms with van der Waals surface area (Å²) < 4.78 is 28.8. The Morgan fingerprint density at radius 1 is 1.26 bits per heavy atom. The van der Waals surface area contributed by atoms with Gasteiger partial charge in [-0.25, -0.2) is 18.8 Å². The molecule has 0 aliphatic rings. The van der Waals surface area contributed by atoms with Crippen LogP contribution in [0.1, 0.15) is 53.3 Å². The summed E-state index contributed by atoms with van der Waals surface area (Å²) in [4.78, 5) is 36.4. The summed E-state index contributed by atoms with van der Waals surface area (Å²) in [6.07, 6.45) is 0.931. The molecule has 2 heterocycles. The van der Waals surface area contributed by atoms with E-state index < -0.39 is 27.7 Å². The number of nitrogen functional groups attached to an aromatic ring is 1. The van der Waals surface area contributed by atoms with Crippen LogP contribution in [0.4, 0.5) is 5.82 Å². The van der Waals surface area contributed by atoms with Crippen LogP contribution < -0.4 is 10.3 Å². The Hall–Kier alpha value is -1.23. The quantitative estimate of drug-likeness (QED) is 0.242. The van der Waals surface area contributed by atoms with Crippen LogP contribution in [-0.4, -0.2) is 35.9 Å². The maximum absolute atomic E-state index is 12.0. The third kappa shape index (κ3) is 7.69. The number of aliphatic hydroxyl groups excluding tert-OH is 1. The van der Waals surface area contributed by atoms with Gasteiger partial charge in [0.05, 0.1) is 16.6 Å². The van der Waals surface area contributed by atoms with Crippen molar-refractivity contribution in [2.75, 3.05) is 11.9 Å². The number of hydrogen-bond donors (Lipinski definition) is 5. The molecule has 0 bridgehead atoms. The highest BCUT2D eigenvalue weighted by atomic mass is 32.1. The third-order valence-corrected chi connectivity index (χ3v) is 8.59. The van der Waals surface area contributed by atoms with Gasteiger partial charge in [-0.15, -0.1) is 0 Å². The van der Waals surface area contributed by atoms with Crippen LogP contribution in [0.3, 0.4) is 0 Å². The first-order valence-electron chi connectivity index (χ1n) is 9.55. The molecule has 6 N–H and O–H groups in total. The van der Waals surface area contributed by atoms with Gasteiger partial charge >= 0.3 is 15.4 Å². The molecule has 0 aliphatic carbocycles. The molecule has 14 heteroatoms. The maximum Gasteiger partial charge on any atom is 0.476 e. The van der Waals surface area contributed by atoms with E-state index in [1.807, 2.05) is 18.4 Å². The van der Waals surface area contributed by atoms with E-state index in [0.29, 0.717) is 40.1 Å². The average molecular weight is 495 g/mol. The van der Waals surface area contributed by atoms with Crippen molar-refractivity contribution in [1.82, 2.24) is 9.97 Å². The Bertz CT molecular complexity index is 1020. The summed E-state index contributed by atoms with van der Waals surface area (Å²) in [5.74, 6) is 1.10. The molecule has 0 saturated carbocycles. The summed E-state index contributed by atoms with van der Waals surface area (Å²) in [6.45, 7) is 7.81. The van der Waals surface area contributed by atoms with Crippen molar-refractivity contribution in [1.29, 1.82) is 0 Å². The normalized spacial score (nSPS) is 15.3. The van der Waals surface area contributed by atoms with Crippen LogP contribution in [0.25, 0.3) is 0 Å². The highest BCUT2D eigenvalue weighted by Gasteiger charge is 2.34. The molecule has 0 amide bonds. The fraction of sp³-hybridized carbons (Fsp3) is 0.588. The molecule has 2 rings (SSSR count). The van der Waals surface area contributed by atoms with E-state index in [0.717, 1.165) is 5.69 Å². The first-order valence-corrected chi connectivity index (χ1v) is 13.7. The monoisotopic (exact) mass is 495 g/mol. The average Bonchev–Trinajstić information content (AvgIpc) is 2.89. The molecule has 0 fully saturated rings. The number of aliphatic hydroxyl groups is 1. The molecule has 2 atom stereocenters. The van der Waals surface area contributed by atoms with E-state index in [9.17, 15) is 19.1 Å². The zero-order valence-electron chi connectivity index (χ0n) is 17.8. The van der Waals surface area contributed by atoms with Gasteiger partial charge in [0.15, 0.2) is 12.2 Å². The van der Waals surface area contributed by atoms with E-state index in [1.165, 1.54) is 11.3 Å². The first kappa shape index (κ1) is 26.0. The van der Waals surface area contributed by atoms with Crippen molar-refractivity contribution in [2.45, 2.75) is 53.2 Å². The number of nitrogens with two attached hydrogens (primary N) is 1. The van der Waals surface area contributed by atoms with Crippen molar-refractivity contribution in [3.8, 4) is 0 Å². The number of aryl methyl sites for hydroxylation is 2. The minimum absolute atomic E-state index is 0.0402. The van der Waals surface area contributed by atoms with Crippen molar-refractivity contribution in [2.24, 2.45) is 5.92 Å². The number of aromatic nitrogens is 3. The van der Waals surface area contributed by atoms with Crippen molar-refractivity contribution >= 4 is 32.6 Å². The summed E-state index contributed by atoms with van der Waals surface area (Å²) >= 11 is 1.27. The van der Waals surface area contributed by atoms with Crippen molar-refractivity contribution in [3.05, 3.63) is 33.2 Å². The van der Waals surface area contributed by atoms with Crippen LogP contribution in [0, 0.1) is 19.8 Å².